The Morgan fingerprint density at radius 3 is 2.19 bits per heavy atom. The van der Waals surface area contributed by atoms with Crippen molar-refractivity contribution in [1.29, 1.82) is 0 Å². The maximum atomic E-state index is 13.4. The number of fused-ring (bicyclic) bond motifs is 1. The average molecular weight is 486 g/mol. The molecule has 5 rings (SSSR count). The number of rotatable bonds is 6. The van der Waals surface area contributed by atoms with Crippen LogP contribution in [-0.4, -0.2) is 42.5 Å². The molecule has 1 fully saturated rings. The van der Waals surface area contributed by atoms with Gasteiger partial charge < -0.3 is 20.1 Å². The molecular weight excluding hydrogens is 458 g/mol. The van der Waals surface area contributed by atoms with Crippen molar-refractivity contribution >= 4 is 17.8 Å². The van der Waals surface area contributed by atoms with Crippen molar-refractivity contribution < 1.29 is 23.9 Å². The molecule has 3 aromatic rings. The SMILES string of the molecule is C[C@@]1(c2ccc3c(c2)OCCCO3)NC(=O)N(CC(=O)NC(c2ccccc2)c2ccccc2)C1=O. The zero-order valence-corrected chi connectivity index (χ0v) is 19.9. The molecule has 2 heterocycles. The van der Waals surface area contributed by atoms with Gasteiger partial charge in [0.05, 0.1) is 19.3 Å². The molecule has 2 aliphatic heterocycles. The molecule has 36 heavy (non-hydrogen) atoms. The van der Waals surface area contributed by atoms with Gasteiger partial charge in [-0.15, -0.1) is 0 Å². The van der Waals surface area contributed by atoms with Crippen molar-refractivity contribution in [2.75, 3.05) is 19.8 Å². The quantitative estimate of drug-likeness (QED) is 0.521. The van der Waals surface area contributed by atoms with Crippen LogP contribution in [0.2, 0.25) is 0 Å². The molecule has 0 spiro atoms. The van der Waals surface area contributed by atoms with E-state index in [0.717, 1.165) is 22.4 Å². The van der Waals surface area contributed by atoms with Crippen LogP contribution in [0.5, 0.6) is 11.5 Å². The van der Waals surface area contributed by atoms with E-state index in [0.29, 0.717) is 30.3 Å². The summed E-state index contributed by atoms with van der Waals surface area (Å²) >= 11 is 0. The molecule has 2 aliphatic rings. The van der Waals surface area contributed by atoms with Crippen LogP contribution in [0.25, 0.3) is 0 Å². The molecule has 0 bridgehead atoms. The molecule has 0 aliphatic carbocycles. The normalized spacial score (nSPS) is 19.1. The molecule has 0 saturated carbocycles. The van der Waals surface area contributed by atoms with Crippen molar-refractivity contribution in [2.45, 2.75) is 24.9 Å². The van der Waals surface area contributed by atoms with Gasteiger partial charge in [-0.1, -0.05) is 66.7 Å². The third-order valence-corrected chi connectivity index (χ3v) is 6.47. The largest absolute Gasteiger partial charge is 0.490 e. The van der Waals surface area contributed by atoms with E-state index < -0.39 is 36.0 Å². The van der Waals surface area contributed by atoms with Gasteiger partial charge in [0.2, 0.25) is 5.91 Å². The van der Waals surface area contributed by atoms with Crippen LogP contribution in [-0.2, 0) is 15.1 Å². The molecule has 184 valence electrons. The van der Waals surface area contributed by atoms with Gasteiger partial charge >= 0.3 is 6.03 Å². The minimum atomic E-state index is -1.33. The Labute approximate surface area is 209 Å². The highest BCUT2D eigenvalue weighted by molar-refractivity contribution is 6.09. The van der Waals surface area contributed by atoms with Gasteiger partial charge in [0, 0.05) is 6.42 Å². The molecule has 0 aromatic heterocycles. The lowest BCUT2D eigenvalue weighted by Crippen LogP contribution is -2.44. The van der Waals surface area contributed by atoms with E-state index in [9.17, 15) is 14.4 Å². The molecule has 0 radical (unpaired) electrons. The number of hydrogen-bond donors (Lipinski definition) is 2. The van der Waals surface area contributed by atoms with E-state index in [1.54, 1.807) is 25.1 Å². The summed E-state index contributed by atoms with van der Waals surface area (Å²) in [6.45, 7) is 2.28. The van der Waals surface area contributed by atoms with Gasteiger partial charge in [0.25, 0.3) is 5.91 Å². The van der Waals surface area contributed by atoms with Crippen LogP contribution in [0.15, 0.2) is 78.9 Å². The molecule has 8 nitrogen and oxygen atoms in total. The summed E-state index contributed by atoms with van der Waals surface area (Å²) in [6, 6.07) is 23.2. The van der Waals surface area contributed by atoms with E-state index >= 15 is 0 Å². The fourth-order valence-corrected chi connectivity index (χ4v) is 4.51. The summed E-state index contributed by atoms with van der Waals surface area (Å²) in [5.41, 5.74) is 1.01. The maximum absolute atomic E-state index is 13.4. The van der Waals surface area contributed by atoms with Gasteiger partial charge in [-0.2, -0.15) is 0 Å². The number of amides is 4. The summed E-state index contributed by atoms with van der Waals surface area (Å²) in [5.74, 6) is 0.172. The average Bonchev–Trinajstić information content (AvgIpc) is 3.05. The number of ether oxygens (including phenoxy) is 2. The summed E-state index contributed by atoms with van der Waals surface area (Å²) in [7, 11) is 0. The first-order chi connectivity index (χ1) is 17.5. The van der Waals surface area contributed by atoms with Gasteiger partial charge in [-0.3, -0.25) is 14.5 Å². The van der Waals surface area contributed by atoms with Crippen LogP contribution in [0.3, 0.4) is 0 Å². The van der Waals surface area contributed by atoms with Gasteiger partial charge in [0.15, 0.2) is 11.5 Å². The number of carbonyl (C=O) groups is 3. The number of imide groups is 1. The lowest BCUT2D eigenvalue weighted by Gasteiger charge is -2.24. The molecule has 4 amide bonds. The lowest BCUT2D eigenvalue weighted by molar-refractivity contribution is -0.135. The van der Waals surface area contributed by atoms with Crippen molar-refractivity contribution in [3.05, 3.63) is 95.6 Å². The summed E-state index contributed by atoms with van der Waals surface area (Å²) < 4.78 is 11.4. The second-order valence-corrected chi connectivity index (χ2v) is 8.98. The fraction of sp³-hybridized carbons (Fsp3) is 0.250. The van der Waals surface area contributed by atoms with E-state index in [2.05, 4.69) is 10.6 Å². The summed E-state index contributed by atoms with van der Waals surface area (Å²) in [4.78, 5) is 40.3. The Balaban J connectivity index is 1.34. The van der Waals surface area contributed by atoms with Crippen molar-refractivity contribution in [1.82, 2.24) is 15.5 Å². The van der Waals surface area contributed by atoms with Crippen molar-refractivity contribution in [2.24, 2.45) is 0 Å². The first kappa shape index (κ1) is 23.4. The molecule has 0 unspecified atom stereocenters. The molecular formula is C28H27N3O5. The Kier molecular flexibility index (Phi) is 6.33. The highest BCUT2D eigenvalue weighted by Gasteiger charge is 2.50. The van der Waals surface area contributed by atoms with Gasteiger partial charge in [-0.25, -0.2) is 4.79 Å². The lowest BCUT2D eigenvalue weighted by atomic mass is 9.91. The third kappa shape index (κ3) is 4.49. The number of hydrogen-bond acceptors (Lipinski definition) is 5. The number of nitrogens with zero attached hydrogens (tertiary/aromatic N) is 1. The van der Waals surface area contributed by atoms with E-state index in [-0.39, 0.29) is 0 Å². The van der Waals surface area contributed by atoms with Crippen LogP contribution < -0.4 is 20.1 Å². The highest BCUT2D eigenvalue weighted by atomic mass is 16.5. The summed E-state index contributed by atoms with van der Waals surface area (Å²) in [5, 5.41) is 5.74. The van der Waals surface area contributed by atoms with Gasteiger partial charge in [0.1, 0.15) is 12.1 Å². The number of carbonyl (C=O) groups excluding carboxylic acids is 3. The highest BCUT2D eigenvalue weighted by Crippen LogP contribution is 2.36. The Bertz CT molecular complexity index is 1240. The minimum Gasteiger partial charge on any atom is -0.490 e. The molecule has 1 atom stereocenters. The van der Waals surface area contributed by atoms with Crippen LogP contribution in [0.1, 0.15) is 36.1 Å². The Morgan fingerprint density at radius 2 is 1.56 bits per heavy atom. The maximum Gasteiger partial charge on any atom is 0.325 e. The standard InChI is InChI=1S/C28H27N3O5/c1-28(21-13-14-22-23(17-21)36-16-8-15-35-22)26(33)31(27(34)30-28)18-24(32)29-25(19-9-4-2-5-10-19)20-11-6-3-7-12-20/h2-7,9-14,17,25H,8,15-16,18H2,1H3,(H,29,32)(H,30,34)/t28-/m0/s1. The monoisotopic (exact) mass is 485 g/mol. The summed E-state index contributed by atoms with van der Waals surface area (Å²) in [6.07, 6.45) is 0.757. The Hall–Kier alpha value is -4.33. The minimum absolute atomic E-state index is 0.402. The number of benzene rings is 3. The second kappa shape index (κ2) is 9.73. The topological polar surface area (TPSA) is 97.0 Å². The fourth-order valence-electron chi connectivity index (χ4n) is 4.51. The van der Waals surface area contributed by atoms with E-state index in [4.69, 9.17) is 9.47 Å². The first-order valence-corrected chi connectivity index (χ1v) is 11.9. The van der Waals surface area contributed by atoms with Gasteiger partial charge in [-0.05, 0) is 35.7 Å². The Morgan fingerprint density at radius 1 is 0.944 bits per heavy atom. The van der Waals surface area contributed by atoms with E-state index in [1.807, 2.05) is 60.7 Å². The zero-order valence-electron chi connectivity index (χ0n) is 19.9. The van der Waals surface area contributed by atoms with Crippen molar-refractivity contribution in [3.8, 4) is 11.5 Å². The predicted octanol–water partition coefficient (Wildman–Crippen LogP) is 3.52. The molecule has 8 heteroatoms. The molecule has 2 N–H and O–H groups in total. The van der Waals surface area contributed by atoms with Crippen molar-refractivity contribution in [3.63, 3.8) is 0 Å². The number of urea groups is 1. The number of nitrogens with one attached hydrogen (secondary N) is 2. The predicted molar refractivity (Wildman–Crippen MR) is 133 cm³/mol. The van der Waals surface area contributed by atoms with Crippen LogP contribution in [0.4, 0.5) is 4.79 Å². The van der Waals surface area contributed by atoms with Crippen LogP contribution in [0, 0.1) is 0 Å². The molecule has 3 aromatic carbocycles. The molecule has 1 saturated heterocycles. The third-order valence-electron chi connectivity index (χ3n) is 6.47. The first-order valence-electron chi connectivity index (χ1n) is 11.9. The zero-order chi connectivity index (χ0) is 25.1. The second-order valence-electron chi connectivity index (χ2n) is 8.98. The van der Waals surface area contributed by atoms with E-state index in [1.165, 1.54) is 0 Å². The smallest absolute Gasteiger partial charge is 0.325 e. The van der Waals surface area contributed by atoms with Crippen LogP contribution >= 0.6 is 0 Å².